The van der Waals surface area contributed by atoms with Crippen LogP contribution in [0.5, 0.6) is 11.5 Å². The van der Waals surface area contributed by atoms with E-state index in [-0.39, 0.29) is 5.91 Å². The van der Waals surface area contributed by atoms with Crippen molar-refractivity contribution in [3.05, 3.63) is 65.5 Å². The first kappa shape index (κ1) is 19.2. The van der Waals surface area contributed by atoms with E-state index >= 15 is 0 Å². The molecule has 7 heteroatoms. The van der Waals surface area contributed by atoms with Crippen LogP contribution < -0.4 is 20.1 Å². The zero-order chi connectivity index (χ0) is 20.1. The predicted molar refractivity (Wildman–Crippen MR) is 109 cm³/mol. The lowest BCUT2D eigenvalue weighted by Crippen LogP contribution is -2.13. The lowest BCUT2D eigenvalue weighted by atomic mass is 10.1. The first-order valence-corrected chi connectivity index (χ1v) is 8.70. The molecule has 0 bridgehead atoms. The van der Waals surface area contributed by atoms with Crippen molar-refractivity contribution < 1.29 is 14.3 Å². The maximum atomic E-state index is 12.5. The lowest BCUT2D eigenvalue weighted by Gasteiger charge is -2.11. The van der Waals surface area contributed by atoms with Gasteiger partial charge in [0, 0.05) is 29.8 Å². The standard InChI is InChI=1S/C21H22N4O3/c1-13-6-5-7-17(14(13)2)25-21-22-11-15(12-23-21)20(26)24-16-8-9-18(27-3)19(10-16)28-4/h5-12H,1-4H3,(H,24,26)(H,22,23,25). The molecule has 144 valence electrons. The lowest BCUT2D eigenvalue weighted by molar-refractivity contribution is 0.102. The van der Waals surface area contributed by atoms with Crippen molar-refractivity contribution in [1.82, 2.24) is 9.97 Å². The van der Waals surface area contributed by atoms with Crippen molar-refractivity contribution in [2.45, 2.75) is 13.8 Å². The molecule has 0 unspecified atom stereocenters. The highest BCUT2D eigenvalue weighted by Gasteiger charge is 2.11. The molecule has 3 rings (SSSR count). The van der Waals surface area contributed by atoms with Crippen molar-refractivity contribution in [2.24, 2.45) is 0 Å². The number of anilines is 3. The number of nitrogens with zero attached hydrogens (tertiary/aromatic N) is 2. The minimum atomic E-state index is -0.314. The van der Waals surface area contributed by atoms with Crippen LogP contribution in [0.3, 0.4) is 0 Å². The quantitative estimate of drug-likeness (QED) is 0.671. The van der Waals surface area contributed by atoms with Gasteiger partial charge < -0.3 is 20.1 Å². The van der Waals surface area contributed by atoms with E-state index in [1.54, 1.807) is 32.4 Å². The molecule has 0 aliphatic heterocycles. The van der Waals surface area contributed by atoms with Crippen LogP contribution in [0.15, 0.2) is 48.8 Å². The Kier molecular flexibility index (Phi) is 5.74. The second kappa shape index (κ2) is 8.39. The summed E-state index contributed by atoms with van der Waals surface area (Å²) < 4.78 is 10.4. The number of benzene rings is 2. The highest BCUT2D eigenvalue weighted by Crippen LogP contribution is 2.30. The Balaban J connectivity index is 1.71. The number of nitrogens with one attached hydrogen (secondary N) is 2. The molecule has 2 aromatic carbocycles. The summed E-state index contributed by atoms with van der Waals surface area (Å²) in [5, 5.41) is 5.97. The number of hydrogen-bond acceptors (Lipinski definition) is 6. The van der Waals surface area contributed by atoms with Gasteiger partial charge in [-0.1, -0.05) is 12.1 Å². The van der Waals surface area contributed by atoms with Crippen LogP contribution in [-0.4, -0.2) is 30.1 Å². The number of amides is 1. The second-order valence-electron chi connectivity index (χ2n) is 6.19. The summed E-state index contributed by atoms with van der Waals surface area (Å²) in [7, 11) is 3.10. The molecule has 0 radical (unpaired) electrons. The summed E-state index contributed by atoms with van der Waals surface area (Å²) >= 11 is 0. The molecular weight excluding hydrogens is 356 g/mol. The Bertz CT molecular complexity index is 987. The molecule has 0 saturated carbocycles. The fourth-order valence-electron chi connectivity index (χ4n) is 2.63. The van der Waals surface area contributed by atoms with Gasteiger partial charge >= 0.3 is 0 Å². The monoisotopic (exact) mass is 378 g/mol. The largest absolute Gasteiger partial charge is 0.493 e. The number of ether oxygens (including phenoxy) is 2. The first-order valence-electron chi connectivity index (χ1n) is 8.70. The van der Waals surface area contributed by atoms with Crippen LogP contribution in [0, 0.1) is 13.8 Å². The van der Waals surface area contributed by atoms with Crippen LogP contribution >= 0.6 is 0 Å². The third-order valence-electron chi connectivity index (χ3n) is 4.41. The normalized spacial score (nSPS) is 10.3. The maximum absolute atomic E-state index is 12.5. The molecule has 1 heterocycles. The van der Waals surface area contributed by atoms with E-state index in [1.165, 1.54) is 18.0 Å². The number of hydrogen-bond donors (Lipinski definition) is 2. The molecule has 0 spiro atoms. The van der Waals surface area contributed by atoms with Gasteiger partial charge in [-0.3, -0.25) is 4.79 Å². The van der Waals surface area contributed by atoms with Gasteiger partial charge in [0.25, 0.3) is 5.91 Å². The van der Waals surface area contributed by atoms with Gasteiger partial charge in [0.1, 0.15) is 0 Å². The zero-order valence-electron chi connectivity index (χ0n) is 16.2. The van der Waals surface area contributed by atoms with Crippen LogP contribution in [0.1, 0.15) is 21.5 Å². The molecule has 0 fully saturated rings. The average Bonchev–Trinajstić information content (AvgIpc) is 2.71. The highest BCUT2D eigenvalue weighted by molar-refractivity contribution is 6.04. The molecule has 28 heavy (non-hydrogen) atoms. The van der Waals surface area contributed by atoms with E-state index in [2.05, 4.69) is 20.6 Å². The topological polar surface area (TPSA) is 85.4 Å². The summed E-state index contributed by atoms with van der Waals surface area (Å²) in [6.45, 7) is 4.07. The van der Waals surface area contributed by atoms with E-state index in [4.69, 9.17) is 9.47 Å². The van der Waals surface area contributed by atoms with Crippen molar-refractivity contribution in [3.63, 3.8) is 0 Å². The maximum Gasteiger partial charge on any atom is 0.258 e. The Hall–Kier alpha value is -3.61. The third-order valence-corrected chi connectivity index (χ3v) is 4.41. The average molecular weight is 378 g/mol. The van der Waals surface area contributed by atoms with Gasteiger partial charge in [0.05, 0.1) is 19.8 Å². The Morgan fingerprint density at radius 1 is 0.964 bits per heavy atom. The summed E-state index contributed by atoms with van der Waals surface area (Å²) in [4.78, 5) is 20.9. The minimum Gasteiger partial charge on any atom is -0.493 e. The Labute approximate surface area is 163 Å². The van der Waals surface area contributed by atoms with Crippen LogP contribution in [0.2, 0.25) is 0 Å². The number of carbonyl (C=O) groups excluding carboxylic acids is 1. The van der Waals surface area contributed by atoms with E-state index in [0.29, 0.717) is 28.7 Å². The molecule has 0 aliphatic carbocycles. The van der Waals surface area contributed by atoms with Crippen LogP contribution in [0.25, 0.3) is 0 Å². The van der Waals surface area contributed by atoms with Crippen LogP contribution in [-0.2, 0) is 0 Å². The first-order chi connectivity index (χ1) is 13.5. The van der Waals surface area contributed by atoms with Gasteiger partial charge in [-0.05, 0) is 43.2 Å². The third kappa shape index (κ3) is 4.20. The highest BCUT2D eigenvalue weighted by atomic mass is 16.5. The summed E-state index contributed by atoms with van der Waals surface area (Å²) in [6.07, 6.45) is 2.97. The minimum absolute atomic E-state index is 0.314. The molecular formula is C21H22N4O3. The molecule has 7 nitrogen and oxygen atoms in total. The Morgan fingerprint density at radius 3 is 2.36 bits per heavy atom. The number of aryl methyl sites for hydroxylation is 1. The van der Waals surface area contributed by atoms with E-state index in [0.717, 1.165) is 11.3 Å². The molecule has 2 N–H and O–H groups in total. The fourth-order valence-corrected chi connectivity index (χ4v) is 2.63. The van der Waals surface area contributed by atoms with Crippen molar-refractivity contribution >= 4 is 23.2 Å². The van der Waals surface area contributed by atoms with Gasteiger partial charge in [-0.2, -0.15) is 0 Å². The second-order valence-corrected chi connectivity index (χ2v) is 6.19. The van der Waals surface area contributed by atoms with Gasteiger partial charge in [0.2, 0.25) is 5.95 Å². The van der Waals surface area contributed by atoms with Gasteiger partial charge in [-0.15, -0.1) is 0 Å². The number of methoxy groups -OCH3 is 2. The van der Waals surface area contributed by atoms with E-state index in [9.17, 15) is 4.79 Å². The van der Waals surface area contributed by atoms with Gasteiger partial charge in [-0.25, -0.2) is 9.97 Å². The van der Waals surface area contributed by atoms with Crippen LogP contribution in [0.4, 0.5) is 17.3 Å². The van der Waals surface area contributed by atoms with Crippen molar-refractivity contribution in [2.75, 3.05) is 24.9 Å². The number of rotatable bonds is 6. The summed E-state index contributed by atoms with van der Waals surface area (Å²) in [6, 6.07) is 11.1. The molecule has 0 saturated heterocycles. The number of aromatic nitrogens is 2. The SMILES string of the molecule is COc1ccc(NC(=O)c2cnc(Nc3cccc(C)c3C)nc2)cc1OC. The van der Waals surface area contributed by atoms with Crippen molar-refractivity contribution in [3.8, 4) is 11.5 Å². The van der Waals surface area contributed by atoms with E-state index in [1.807, 2.05) is 32.0 Å². The molecule has 3 aromatic rings. The molecule has 0 aliphatic rings. The summed E-state index contributed by atoms with van der Waals surface area (Å²) in [5.74, 6) is 1.23. The predicted octanol–water partition coefficient (Wildman–Crippen LogP) is 4.11. The zero-order valence-corrected chi connectivity index (χ0v) is 16.2. The van der Waals surface area contributed by atoms with E-state index < -0.39 is 0 Å². The Morgan fingerprint density at radius 2 is 1.68 bits per heavy atom. The smallest absolute Gasteiger partial charge is 0.258 e. The van der Waals surface area contributed by atoms with Gasteiger partial charge in [0.15, 0.2) is 11.5 Å². The number of carbonyl (C=O) groups is 1. The molecule has 0 atom stereocenters. The summed E-state index contributed by atoms with van der Waals surface area (Å²) in [5.41, 5.74) is 4.17. The molecule has 1 aromatic heterocycles. The van der Waals surface area contributed by atoms with Crippen molar-refractivity contribution in [1.29, 1.82) is 0 Å². The fraction of sp³-hybridized carbons (Fsp3) is 0.190. The molecule has 1 amide bonds.